The van der Waals surface area contributed by atoms with Gasteiger partial charge in [0.15, 0.2) is 0 Å². The summed E-state index contributed by atoms with van der Waals surface area (Å²) in [7, 11) is 1.73. The topological polar surface area (TPSA) is 49.4 Å². The van der Waals surface area contributed by atoms with Crippen molar-refractivity contribution in [3.63, 3.8) is 0 Å². The standard InChI is InChI=1S/C15H21ClN2O2/c1-10(2)14(17-11(3)19)15(20)18(4)9-12-5-7-13(16)8-6-12/h5-8,10,14H,9H2,1-4H3,(H,17,19). The molecular formula is C15H21ClN2O2. The van der Waals surface area contributed by atoms with Gasteiger partial charge in [-0.05, 0) is 23.6 Å². The molecule has 110 valence electrons. The van der Waals surface area contributed by atoms with Crippen molar-refractivity contribution >= 4 is 23.4 Å². The zero-order valence-corrected chi connectivity index (χ0v) is 13.1. The van der Waals surface area contributed by atoms with Crippen LogP contribution in [0.25, 0.3) is 0 Å². The molecule has 0 aromatic heterocycles. The lowest BCUT2D eigenvalue weighted by molar-refractivity contribution is -0.136. The third-order valence-corrected chi connectivity index (χ3v) is 3.25. The van der Waals surface area contributed by atoms with Gasteiger partial charge in [0, 0.05) is 25.5 Å². The number of halogens is 1. The summed E-state index contributed by atoms with van der Waals surface area (Å²) >= 11 is 5.83. The van der Waals surface area contributed by atoms with Crippen LogP contribution >= 0.6 is 11.6 Å². The van der Waals surface area contributed by atoms with E-state index in [-0.39, 0.29) is 17.7 Å². The number of likely N-dealkylation sites (N-methyl/N-ethyl adjacent to an activating group) is 1. The Morgan fingerprint density at radius 3 is 2.25 bits per heavy atom. The fourth-order valence-corrected chi connectivity index (χ4v) is 2.04. The van der Waals surface area contributed by atoms with Gasteiger partial charge < -0.3 is 10.2 Å². The van der Waals surface area contributed by atoms with Crippen molar-refractivity contribution in [2.45, 2.75) is 33.4 Å². The van der Waals surface area contributed by atoms with E-state index in [0.29, 0.717) is 11.6 Å². The summed E-state index contributed by atoms with van der Waals surface area (Å²) in [6.45, 7) is 5.73. The van der Waals surface area contributed by atoms with Gasteiger partial charge in [-0.2, -0.15) is 0 Å². The van der Waals surface area contributed by atoms with Crippen molar-refractivity contribution in [2.24, 2.45) is 5.92 Å². The average Bonchev–Trinajstić information content (AvgIpc) is 2.37. The Hall–Kier alpha value is -1.55. The number of nitrogens with zero attached hydrogens (tertiary/aromatic N) is 1. The van der Waals surface area contributed by atoms with E-state index in [1.165, 1.54) is 6.92 Å². The first-order valence-electron chi connectivity index (χ1n) is 6.57. The molecule has 0 fully saturated rings. The number of hydrogen-bond acceptors (Lipinski definition) is 2. The zero-order chi connectivity index (χ0) is 15.3. The predicted octanol–water partition coefficient (Wildman–Crippen LogP) is 2.46. The molecule has 1 atom stereocenters. The van der Waals surface area contributed by atoms with Gasteiger partial charge in [0.25, 0.3) is 0 Å². The maximum Gasteiger partial charge on any atom is 0.245 e. The first kappa shape index (κ1) is 16.5. The maximum atomic E-state index is 12.4. The lowest BCUT2D eigenvalue weighted by atomic mass is 10.0. The summed E-state index contributed by atoms with van der Waals surface area (Å²) in [5.41, 5.74) is 0.996. The Morgan fingerprint density at radius 2 is 1.80 bits per heavy atom. The van der Waals surface area contributed by atoms with Crippen molar-refractivity contribution < 1.29 is 9.59 Å². The number of rotatable bonds is 5. The highest BCUT2D eigenvalue weighted by molar-refractivity contribution is 6.30. The molecule has 0 radical (unpaired) electrons. The number of amides is 2. The molecule has 0 saturated carbocycles. The first-order valence-corrected chi connectivity index (χ1v) is 6.95. The Morgan fingerprint density at radius 1 is 1.25 bits per heavy atom. The molecule has 0 saturated heterocycles. The second-order valence-electron chi connectivity index (χ2n) is 5.24. The lowest BCUT2D eigenvalue weighted by Gasteiger charge is -2.26. The Kier molecular flexibility index (Phi) is 6.02. The molecule has 1 aromatic carbocycles. The number of benzene rings is 1. The molecule has 0 spiro atoms. The van der Waals surface area contributed by atoms with Crippen molar-refractivity contribution in [3.8, 4) is 0 Å². The van der Waals surface area contributed by atoms with Crippen LogP contribution in [-0.4, -0.2) is 29.8 Å². The molecule has 1 unspecified atom stereocenters. The maximum absolute atomic E-state index is 12.4. The van der Waals surface area contributed by atoms with E-state index in [1.54, 1.807) is 24.1 Å². The second kappa shape index (κ2) is 7.29. The van der Waals surface area contributed by atoms with Crippen LogP contribution in [0.15, 0.2) is 24.3 Å². The van der Waals surface area contributed by atoms with Crippen LogP contribution in [0.5, 0.6) is 0 Å². The highest BCUT2D eigenvalue weighted by Crippen LogP contribution is 2.12. The van der Waals surface area contributed by atoms with E-state index in [2.05, 4.69) is 5.32 Å². The molecular weight excluding hydrogens is 276 g/mol. The molecule has 4 nitrogen and oxygen atoms in total. The highest BCUT2D eigenvalue weighted by Gasteiger charge is 2.25. The highest BCUT2D eigenvalue weighted by atomic mass is 35.5. The summed E-state index contributed by atoms with van der Waals surface area (Å²) in [6.07, 6.45) is 0. The first-order chi connectivity index (χ1) is 9.31. The number of hydrogen-bond donors (Lipinski definition) is 1. The fraction of sp³-hybridized carbons (Fsp3) is 0.467. The van der Waals surface area contributed by atoms with E-state index in [4.69, 9.17) is 11.6 Å². The molecule has 0 aliphatic rings. The van der Waals surface area contributed by atoms with Crippen LogP contribution in [0.2, 0.25) is 5.02 Å². The minimum Gasteiger partial charge on any atom is -0.344 e. The molecule has 0 heterocycles. The molecule has 20 heavy (non-hydrogen) atoms. The van der Waals surface area contributed by atoms with Crippen LogP contribution in [0, 0.1) is 5.92 Å². The molecule has 0 aliphatic carbocycles. The molecule has 1 aromatic rings. The summed E-state index contributed by atoms with van der Waals surface area (Å²) in [5.74, 6) is -0.249. The van der Waals surface area contributed by atoms with Crippen molar-refractivity contribution in [1.29, 1.82) is 0 Å². The summed E-state index contributed by atoms with van der Waals surface area (Å²) in [4.78, 5) is 25.2. The summed E-state index contributed by atoms with van der Waals surface area (Å²) in [6, 6.07) is 6.86. The van der Waals surface area contributed by atoms with Gasteiger partial charge in [0.1, 0.15) is 6.04 Å². The summed E-state index contributed by atoms with van der Waals surface area (Å²) in [5, 5.41) is 3.37. The second-order valence-corrected chi connectivity index (χ2v) is 5.68. The normalized spacial score (nSPS) is 12.1. The van der Waals surface area contributed by atoms with E-state index >= 15 is 0 Å². The van der Waals surface area contributed by atoms with Gasteiger partial charge in [0.2, 0.25) is 11.8 Å². The zero-order valence-electron chi connectivity index (χ0n) is 12.3. The monoisotopic (exact) mass is 296 g/mol. The molecule has 1 rings (SSSR count). The van der Waals surface area contributed by atoms with E-state index in [1.807, 2.05) is 26.0 Å². The van der Waals surface area contributed by atoms with Crippen LogP contribution in [0.1, 0.15) is 26.3 Å². The Labute approximate surface area is 125 Å². The van der Waals surface area contributed by atoms with Crippen molar-refractivity contribution in [3.05, 3.63) is 34.9 Å². The SMILES string of the molecule is CC(=O)NC(C(=O)N(C)Cc1ccc(Cl)cc1)C(C)C. The van der Waals surface area contributed by atoms with Gasteiger partial charge in [0.05, 0.1) is 0 Å². The number of carbonyl (C=O) groups excluding carboxylic acids is 2. The predicted molar refractivity (Wildman–Crippen MR) is 80.4 cm³/mol. The van der Waals surface area contributed by atoms with Crippen molar-refractivity contribution in [1.82, 2.24) is 10.2 Å². The minimum absolute atomic E-state index is 0.0408. The van der Waals surface area contributed by atoms with E-state index < -0.39 is 6.04 Å². The quantitative estimate of drug-likeness (QED) is 0.907. The molecule has 5 heteroatoms. The third kappa shape index (κ3) is 4.85. The van der Waals surface area contributed by atoms with Crippen LogP contribution in [0.3, 0.4) is 0 Å². The van der Waals surface area contributed by atoms with Crippen LogP contribution in [0.4, 0.5) is 0 Å². The molecule has 1 N–H and O–H groups in total. The van der Waals surface area contributed by atoms with E-state index in [9.17, 15) is 9.59 Å². The van der Waals surface area contributed by atoms with Gasteiger partial charge in [-0.15, -0.1) is 0 Å². The largest absolute Gasteiger partial charge is 0.344 e. The number of nitrogens with one attached hydrogen (secondary N) is 1. The molecule has 2 amide bonds. The minimum atomic E-state index is -0.496. The van der Waals surface area contributed by atoms with Gasteiger partial charge in [-0.25, -0.2) is 0 Å². The third-order valence-electron chi connectivity index (χ3n) is 3.00. The van der Waals surface area contributed by atoms with Crippen LogP contribution < -0.4 is 5.32 Å². The van der Waals surface area contributed by atoms with Gasteiger partial charge in [-0.1, -0.05) is 37.6 Å². The van der Waals surface area contributed by atoms with E-state index in [0.717, 1.165) is 5.56 Å². The van der Waals surface area contributed by atoms with Crippen molar-refractivity contribution in [2.75, 3.05) is 7.05 Å². The Balaban J connectivity index is 2.73. The lowest BCUT2D eigenvalue weighted by Crippen LogP contribution is -2.49. The Bertz CT molecular complexity index is 471. The smallest absolute Gasteiger partial charge is 0.245 e. The average molecular weight is 297 g/mol. The molecule has 0 aliphatic heterocycles. The van der Waals surface area contributed by atoms with Gasteiger partial charge >= 0.3 is 0 Å². The van der Waals surface area contributed by atoms with Crippen LogP contribution in [-0.2, 0) is 16.1 Å². The molecule has 0 bridgehead atoms. The fourth-order valence-electron chi connectivity index (χ4n) is 1.91. The number of carbonyl (C=O) groups is 2. The van der Waals surface area contributed by atoms with Gasteiger partial charge in [-0.3, -0.25) is 9.59 Å². The summed E-state index contributed by atoms with van der Waals surface area (Å²) < 4.78 is 0.